The first kappa shape index (κ1) is 19.1. The SMILES string of the molecule is CC.CNC(=S)N/C(C=O)=C/c1ccc(-c2ccc(C)cc2)s1. The van der Waals surface area contributed by atoms with Crippen LogP contribution in [0.5, 0.6) is 0 Å². The lowest BCUT2D eigenvalue weighted by atomic mass is 10.1. The zero-order valence-electron chi connectivity index (χ0n) is 13.8. The highest BCUT2D eigenvalue weighted by molar-refractivity contribution is 7.80. The minimum atomic E-state index is 0.420. The molecule has 0 aliphatic heterocycles. The largest absolute Gasteiger partial charge is 0.366 e. The summed E-state index contributed by atoms with van der Waals surface area (Å²) in [6.45, 7) is 6.07. The maximum atomic E-state index is 11.1. The van der Waals surface area contributed by atoms with Crippen molar-refractivity contribution >= 4 is 41.0 Å². The van der Waals surface area contributed by atoms with Gasteiger partial charge in [0.05, 0.1) is 5.70 Å². The lowest BCUT2D eigenvalue weighted by Gasteiger charge is -2.05. The molecule has 0 amide bonds. The quantitative estimate of drug-likeness (QED) is 0.490. The van der Waals surface area contributed by atoms with Gasteiger partial charge < -0.3 is 10.6 Å². The second kappa shape index (κ2) is 9.92. The molecule has 2 aromatic rings. The molecular formula is C18H22N2OS2. The Hall–Kier alpha value is -1.98. The maximum Gasteiger partial charge on any atom is 0.170 e. The van der Waals surface area contributed by atoms with Crippen molar-refractivity contribution < 1.29 is 4.79 Å². The Morgan fingerprint density at radius 1 is 1.13 bits per heavy atom. The van der Waals surface area contributed by atoms with Gasteiger partial charge in [0, 0.05) is 16.8 Å². The first-order valence-electron chi connectivity index (χ1n) is 7.45. The molecule has 2 N–H and O–H groups in total. The number of aryl methyl sites for hydroxylation is 1. The summed E-state index contributed by atoms with van der Waals surface area (Å²) in [7, 11) is 1.71. The van der Waals surface area contributed by atoms with Gasteiger partial charge in [-0.15, -0.1) is 11.3 Å². The normalized spacial score (nSPS) is 10.3. The Balaban J connectivity index is 0.00000127. The topological polar surface area (TPSA) is 41.1 Å². The zero-order chi connectivity index (χ0) is 17.2. The van der Waals surface area contributed by atoms with Gasteiger partial charge in [-0.05, 0) is 42.9 Å². The molecule has 23 heavy (non-hydrogen) atoms. The van der Waals surface area contributed by atoms with Crippen LogP contribution < -0.4 is 10.6 Å². The van der Waals surface area contributed by atoms with E-state index in [1.54, 1.807) is 24.5 Å². The van der Waals surface area contributed by atoms with Crippen molar-refractivity contribution in [3.8, 4) is 10.4 Å². The van der Waals surface area contributed by atoms with Gasteiger partial charge >= 0.3 is 0 Å². The van der Waals surface area contributed by atoms with Gasteiger partial charge in [0.25, 0.3) is 0 Å². The van der Waals surface area contributed by atoms with E-state index in [1.165, 1.54) is 16.0 Å². The first-order chi connectivity index (χ1) is 11.1. The van der Waals surface area contributed by atoms with Crippen molar-refractivity contribution in [2.45, 2.75) is 20.8 Å². The summed E-state index contributed by atoms with van der Waals surface area (Å²) in [5.74, 6) is 0. The number of hydrogen-bond donors (Lipinski definition) is 2. The first-order valence-corrected chi connectivity index (χ1v) is 8.67. The summed E-state index contributed by atoms with van der Waals surface area (Å²) in [6.07, 6.45) is 2.55. The van der Waals surface area contributed by atoms with Gasteiger partial charge in [-0.2, -0.15) is 0 Å². The Morgan fingerprint density at radius 2 is 1.78 bits per heavy atom. The average molecular weight is 347 g/mol. The molecule has 3 nitrogen and oxygen atoms in total. The Morgan fingerprint density at radius 3 is 2.35 bits per heavy atom. The van der Waals surface area contributed by atoms with Gasteiger partial charge in [0.1, 0.15) is 0 Å². The highest BCUT2D eigenvalue weighted by Crippen LogP contribution is 2.29. The highest BCUT2D eigenvalue weighted by atomic mass is 32.1. The van der Waals surface area contributed by atoms with Gasteiger partial charge in [0.15, 0.2) is 11.4 Å². The minimum Gasteiger partial charge on any atom is -0.366 e. The molecular weight excluding hydrogens is 324 g/mol. The lowest BCUT2D eigenvalue weighted by Crippen LogP contribution is -2.32. The van der Waals surface area contributed by atoms with Crippen molar-refractivity contribution in [2.24, 2.45) is 0 Å². The van der Waals surface area contributed by atoms with Crippen molar-refractivity contribution in [3.05, 3.63) is 52.5 Å². The number of carbonyl (C=O) groups is 1. The third-order valence-corrected chi connectivity index (χ3v) is 4.26. The molecule has 1 heterocycles. The fraction of sp³-hybridized carbons (Fsp3) is 0.222. The molecule has 1 aromatic heterocycles. The molecule has 0 aliphatic rings. The number of allylic oxidation sites excluding steroid dienone is 1. The molecule has 0 spiro atoms. The molecule has 0 saturated carbocycles. The molecule has 0 aliphatic carbocycles. The lowest BCUT2D eigenvalue weighted by molar-refractivity contribution is -0.105. The number of nitrogens with one attached hydrogen (secondary N) is 2. The second-order valence-electron chi connectivity index (χ2n) is 4.49. The molecule has 1 aromatic carbocycles. The fourth-order valence-electron chi connectivity index (χ4n) is 1.75. The summed E-state index contributed by atoms with van der Waals surface area (Å²) in [5, 5.41) is 6.04. The van der Waals surface area contributed by atoms with Crippen LogP contribution in [0, 0.1) is 6.92 Å². The Kier molecular flexibility index (Phi) is 8.22. The van der Waals surface area contributed by atoms with Crippen molar-refractivity contribution in [3.63, 3.8) is 0 Å². The maximum absolute atomic E-state index is 11.1. The van der Waals surface area contributed by atoms with Crippen LogP contribution in [0.1, 0.15) is 24.3 Å². The zero-order valence-corrected chi connectivity index (χ0v) is 15.5. The van der Waals surface area contributed by atoms with E-state index in [1.807, 2.05) is 19.9 Å². The molecule has 0 unspecified atom stereocenters. The predicted octanol–water partition coefficient (Wildman–Crippen LogP) is 4.38. The minimum absolute atomic E-state index is 0.420. The molecule has 0 bridgehead atoms. The summed E-state index contributed by atoms with van der Waals surface area (Å²) in [4.78, 5) is 13.2. The van der Waals surface area contributed by atoms with E-state index in [-0.39, 0.29) is 0 Å². The van der Waals surface area contributed by atoms with Gasteiger partial charge in [0.2, 0.25) is 0 Å². The van der Waals surface area contributed by atoms with Crippen LogP contribution in [0.25, 0.3) is 16.5 Å². The van der Waals surface area contributed by atoms with Crippen LogP contribution in [-0.2, 0) is 4.79 Å². The van der Waals surface area contributed by atoms with E-state index in [0.29, 0.717) is 10.8 Å². The molecule has 0 fully saturated rings. The molecule has 0 radical (unpaired) electrons. The van der Waals surface area contributed by atoms with Crippen molar-refractivity contribution in [2.75, 3.05) is 7.05 Å². The monoisotopic (exact) mass is 346 g/mol. The summed E-state index contributed by atoms with van der Waals surface area (Å²) < 4.78 is 0. The third kappa shape index (κ3) is 5.96. The Bertz CT molecular complexity index is 673. The standard InChI is InChI=1S/C16H16N2OS2.C2H6/c1-11-3-5-12(6-4-11)15-8-7-14(21-15)9-13(10-19)18-16(20)17-2;1-2/h3-10H,1-2H3,(H2,17,18,20);1-2H3/b13-9+;. The average Bonchev–Trinajstić information content (AvgIpc) is 3.05. The Labute approximate surface area is 147 Å². The molecule has 0 saturated heterocycles. The van der Waals surface area contributed by atoms with E-state index in [0.717, 1.165) is 11.2 Å². The molecule has 122 valence electrons. The van der Waals surface area contributed by atoms with E-state index >= 15 is 0 Å². The third-order valence-electron chi connectivity index (χ3n) is 2.87. The molecule has 5 heteroatoms. The van der Waals surface area contributed by atoms with Crippen LogP contribution in [-0.4, -0.2) is 18.4 Å². The van der Waals surface area contributed by atoms with Crippen LogP contribution in [0.15, 0.2) is 42.1 Å². The van der Waals surface area contributed by atoms with E-state index in [2.05, 4.69) is 47.9 Å². The summed E-state index contributed by atoms with van der Waals surface area (Å²) in [5.41, 5.74) is 2.85. The predicted molar refractivity (Wildman–Crippen MR) is 105 cm³/mol. The molecule has 2 rings (SSSR count). The van der Waals surface area contributed by atoms with Crippen LogP contribution in [0.3, 0.4) is 0 Å². The van der Waals surface area contributed by atoms with E-state index in [4.69, 9.17) is 12.2 Å². The number of hydrogen-bond acceptors (Lipinski definition) is 3. The van der Waals surface area contributed by atoms with Crippen molar-refractivity contribution in [1.29, 1.82) is 0 Å². The van der Waals surface area contributed by atoms with Gasteiger partial charge in [-0.25, -0.2) is 0 Å². The summed E-state index contributed by atoms with van der Waals surface area (Å²) in [6, 6.07) is 12.4. The van der Waals surface area contributed by atoms with Crippen LogP contribution in [0.4, 0.5) is 0 Å². The number of carbonyl (C=O) groups excluding carboxylic acids is 1. The van der Waals surface area contributed by atoms with E-state index < -0.39 is 0 Å². The smallest absolute Gasteiger partial charge is 0.170 e. The number of aldehydes is 1. The number of thiocarbonyl (C=S) groups is 1. The van der Waals surface area contributed by atoms with Crippen LogP contribution >= 0.6 is 23.6 Å². The number of thiophene rings is 1. The summed E-state index contributed by atoms with van der Waals surface area (Å²) >= 11 is 6.62. The number of rotatable bonds is 4. The molecule has 0 atom stereocenters. The van der Waals surface area contributed by atoms with Crippen LogP contribution in [0.2, 0.25) is 0 Å². The second-order valence-corrected chi connectivity index (χ2v) is 6.01. The van der Waals surface area contributed by atoms with Crippen molar-refractivity contribution in [1.82, 2.24) is 10.6 Å². The fourth-order valence-corrected chi connectivity index (χ4v) is 2.83. The van der Waals surface area contributed by atoms with E-state index in [9.17, 15) is 4.79 Å². The van der Waals surface area contributed by atoms with Gasteiger partial charge in [-0.3, -0.25) is 4.79 Å². The highest BCUT2D eigenvalue weighted by Gasteiger charge is 2.03. The van der Waals surface area contributed by atoms with Gasteiger partial charge in [-0.1, -0.05) is 43.7 Å². The number of benzene rings is 1.